The lowest BCUT2D eigenvalue weighted by Crippen LogP contribution is -2.55. The number of hydrogen-bond donors (Lipinski definition) is 1. The maximum absolute atomic E-state index is 15.0. The van der Waals surface area contributed by atoms with E-state index in [0.717, 1.165) is 18.4 Å². The van der Waals surface area contributed by atoms with Crippen LogP contribution in [0.15, 0.2) is 48.5 Å². The minimum Gasteiger partial charge on any atom is -0.341 e. The first-order valence-electron chi connectivity index (χ1n) is 13.3. The van der Waals surface area contributed by atoms with Gasteiger partial charge in [0, 0.05) is 56.8 Å². The normalized spacial score (nSPS) is 16.0. The highest BCUT2D eigenvalue weighted by Crippen LogP contribution is 2.27. The van der Waals surface area contributed by atoms with E-state index in [1.807, 2.05) is 23.1 Å². The molecule has 3 rings (SSSR count). The molecule has 0 radical (unpaired) electrons. The summed E-state index contributed by atoms with van der Waals surface area (Å²) in [4.78, 5) is 31.5. The summed E-state index contributed by atoms with van der Waals surface area (Å²) in [7, 11) is 0. The summed E-state index contributed by atoms with van der Waals surface area (Å²) < 4.78 is 15.0. The Bertz CT molecular complexity index is 1020. The molecule has 2 N–H and O–H groups in total. The van der Waals surface area contributed by atoms with Gasteiger partial charge in [0.2, 0.25) is 11.8 Å². The van der Waals surface area contributed by atoms with Crippen molar-refractivity contribution in [3.8, 4) is 0 Å². The van der Waals surface area contributed by atoms with Crippen molar-refractivity contribution >= 4 is 23.4 Å². The number of nitrogens with two attached hydrogens (primary N) is 1. The molecule has 0 bridgehead atoms. The van der Waals surface area contributed by atoms with Crippen LogP contribution in [0.1, 0.15) is 50.8 Å². The van der Waals surface area contributed by atoms with E-state index >= 15 is 0 Å². The lowest BCUT2D eigenvalue weighted by Gasteiger charge is -2.42. The summed E-state index contributed by atoms with van der Waals surface area (Å²) in [6, 6.07) is 13.2. The van der Waals surface area contributed by atoms with Gasteiger partial charge in [-0.25, -0.2) is 4.39 Å². The van der Waals surface area contributed by atoms with Gasteiger partial charge < -0.3 is 15.5 Å². The van der Waals surface area contributed by atoms with E-state index in [1.54, 1.807) is 36.1 Å². The SMILES string of the molecule is CCC(CC)CN(CC(c1ccccc1F)N1CCN(C(=O)[C@H](N)Cc2ccc(Cl)cc2)CC1)C(C)=O. The molecule has 2 aromatic carbocycles. The maximum atomic E-state index is 15.0. The summed E-state index contributed by atoms with van der Waals surface area (Å²) in [5.41, 5.74) is 7.81. The fourth-order valence-electron chi connectivity index (χ4n) is 5.01. The molecular weight excluding hydrogens is 491 g/mol. The molecule has 0 saturated carbocycles. The third-order valence-corrected chi connectivity index (χ3v) is 7.74. The number of piperazine rings is 1. The highest BCUT2D eigenvalue weighted by atomic mass is 35.5. The van der Waals surface area contributed by atoms with Crippen LogP contribution in [0.2, 0.25) is 5.02 Å². The number of nitrogens with zero attached hydrogens (tertiary/aromatic N) is 3. The number of halogens is 2. The van der Waals surface area contributed by atoms with Gasteiger partial charge in [-0.1, -0.05) is 68.6 Å². The Kier molecular flexibility index (Phi) is 10.9. The molecule has 2 amide bonds. The summed E-state index contributed by atoms with van der Waals surface area (Å²) >= 11 is 5.96. The number of hydrogen-bond acceptors (Lipinski definition) is 4. The van der Waals surface area contributed by atoms with Crippen molar-refractivity contribution in [2.24, 2.45) is 11.7 Å². The van der Waals surface area contributed by atoms with Gasteiger partial charge in [-0.05, 0) is 36.1 Å². The van der Waals surface area contributed by atoms with Crippen LogP contribution in [0.25, 0.3) is 0 Å². The van der Waals surface area contributed by atoms with Crippen molar-refractivity contribution in [3.63, 3.8) is 0 Å². The van der Waals surface area contributed by atoms with Gasteiger partial charge in [-0.15, -0.1) is 0 Å². The topological polar surface area (TPSA) is 69.9 Å². The molecule has 1 fully saturated rings. The van der Waals surface area contributed by atoms with Gasteiger partial charge in [-0.2, -0.15) is 0 Å². The highest BCUT2D eigenvalue weighted by molar-refractivity contribution is 6.30. The third kappa shape index (κ3) is 8.00. The molecule has 0 spiro atoms. The predicted molar refractivity (Wildman–Crippen MR) is 147 cm³/mol. The quantitative estimate of drug-likeness (QED) is 0.464. The van der Waals surface area contributed by atoms with Crippen molar-refractivity contribution in [2.45, 2.75) is 52.1 Å². The van der Waals surface area contributed by atoms with Crippen LogP contribution in [-0.4, -0.2) is 71.8 Å². The molecular formula is C29H40ClFN4O2. The minimum absolute atomic E-state index is 0.00442. The molecule has 1 unspecified atom stereocenters. The van der Waals surface area contributed by atoms with E-state index in [2.05, 4.69) is 18.7 Å². The zero-order chi connectivity index (χ0) is 26.9. The van der Waals surface area contributed by atoms with Crippen LogP contribution < -0.4 is 5.73 Å². The smallest absolute Gasteiger partial charge is 0.239 e. The van der Waals surface area contributed by atoms with Gasteiger partial charge in [0.05, 0.1) is 12.1 Å². The first-order valence-corrected chi connectivity index (χ1v) is 13.6. The van der Waals surface area contributed by atoms with Crippen LogP contribution in [0.3, 0.4) is 0 Å². The van der Waals surface area contributed by atoms with Crippen molar-refractivity contribution < 1.29 is 14.0 Å². The maximum Gasteiger partial charge on any atom is 0.239 e. The predicted octanol–water partition coefficient (Wildman–Crippen LogP) is 4.52. The Balaban J connectivity index is 1.70. The standard InChI is InChI=1S/C29H40ClFN4O2/c1-4-22(5-2)19-35(21(3)36)20-28(25-8-6-7-9-26(25)31)33-14-16-34(17-15-33)29(37)27(32)18-23-10-12-24(30)13-11-23/h6-13,22,27-28H,4-5,14-20,32H2,1-3H3/t27-,28?/m1/s1. The fraction of sp³-hybridized carbons (Fsp3) is 0.517. The highest BCUT2D eigenvalue weighted by Gasteiger charge is 2.32. The number of rotatable bonds is 11. The first kappa shape index (κ1) is 29.1. The second-order valence-electron chi connectivity index (χ2n) is 9.94. The molecule has 1 aliphatic heterocycles. The molecule has 8 heteroatoms. The van der Waals surface area contributed by atoms with Crippen molar-refractivity contribution in [2.75, 3.05) is 39.3 Å². The van der Waals surface area contributed by atoms with Crippen LogP contribution in [0, 0.1) is 11.7 Å². The van der Waals surface area contributed by atoms with E-state index in [0.29, 0.717) is 62.2 Å². The lowest BCUT2D eigenvalue weighted by atomic mass is 9.99. The second kappa shape index (κ2) is 13.9. The summed E-state index contributed by atoms with van der Waals surface area (Å²) in [5, 5.41) is 0.646. The Morgan fingerprint density at radius 2 is 1.62 bits per heavy atom. The third-order valence-electron chi connectivity index (χ3n) is 7.49. The molecule has 0 aromatic heterocycles. The minimum atomic E-state index is -0.636. The van der Waals surface area contributed by atoms with Gasteiger partial charge in [-0.3, -0.25) is 14.5 Å². The van der Waals surface area contributed by atoms with Gasteiger partial charge in [0.25, 0.3) is 0 Å². The zero-order valence-electron chi connectivity index (χ0n) is 22.2. The van der Waals surface area contributed by atoms with Crippen LogP contribution >= 0.6 is 11.6 Å². The Labute approximate surface area is 225 Å². The Hall–Kier alpha value is -2.48. The molecule has 1 saturated heterocycles. The average molecular weight is 531 g/mol. The fourth-order valence-corrected chi connectivity index (χ4v) is 5.13. The molecule has 2 aromatic rings. The molecule has 0 aliphatic carbocycles. The molecule has 1 heterocycles. The van der Waals surface area contributed by atoms with E-state index < -0.39 is 6.04 Å². The largest absolute Gasteiger partial charge is 0.341 e. The molecule has 37 heavy (non-hydrogen) atoms. The van der Waals surface area contributed by atoms with Crippen LogP contribution in [0.4, 0.5) is 4.39 Å². The number of carbonyl (C=O) groups excluding carboxylic acids is 2. The van der Waals surface area contributed by atoms with E-state index in [1.165, 1.54) is 6.07 Å². The number of carbonyl (C=O) groups is 2. The Morgan fingerprint density at radius 3 is 2.19 bits per heavy atom. The summed E-state index contributed by atoms with van der Waals surface area (Å²) in [5.74, 6) is 0.0372. The summed E-state index contributed by atoms with van der Waals surface area (Å²) in [6.45, 7) is 9.09. The van der Waals surface area contributed by atoms with E-state index in [4.69, 9.17) is 17.3 Å². The molecule has 202 valence electrons. The first-order chi connectivity index (χ1) is 17.7. The Morgan fingerprint density at radius 1 is 1.00 bits per heavy atom. The lowest BCUT2D eigenvalue weighted by molar-refractivity contribution is -0.135. The average Bonchev–Trinajstić information content (AvgIpc) is 2.90. The van der Waals surface area contributed by atoms with Gasteiger partial charge in [0.15, 0.2) is 0 Å². The molecule has 2 atom stereocenters. The van der Waals surface area contributed by atoms with Crippen molar-refractivity contribution in [1.29, 1.82) is 0 Å². The van der Waals surface area contributed by atoms with E-state index in [9.17, 15) is 14.0 Å². The van der Waals surface area contributed by atoms with Gasteiger partial charge in [0.1, 0.15) is 5.82 Å². The zero-order valence-corrected chi connectivity index (χ0v) is 23.0. The monoisotopic (exact) mass is 530 g/mol. The molecule has 1 aliphatic rings. The van der Waals surface area contributed by atoms with Crippen LogP contribution in [0.5, 0.6) is 0 Å². The van der Waals surface area contributed by atoms with Crippen molar-refractivity contribution in [1.82, 2.24) is 14.7 Å². The second-order valence-corrected chi connectivity index (χ2v) is 10.4. The molecule has 6 nitrogen and oxygen atoms in total. The van der Waals surface area contributed by atoms with E-state index in [-0.39, 0.29) is 23.7 Å². The van der Waals surface area contributed by atoms with Crippen molar-refractivity contribution in [3.05, 3.63) is 70.5 Å². The van der Waals surface area contributed by atoms with Crippen LogP contribution in [-0.2, 0) is 16.0 Å². The number of benzene rings is 2. The summed E-state index contributed by atoms with van der Waals surface area (Å²) in [6.07, 6.45) is 2.42. The number of amides is 2. The van der Waals surface area contributed by atoms with Gasteiger partial charge >= 0.3 is 0 Å².